The molecule has 0 saturated carbocycles. The number of benzene rings is 2. The number of hydrogen-bond acceptors (Lipinski definition) is 4. The Labute approximate surface area is 205 Å². The average molecular weight is 514 g/mol. The summed E-state index contributed by atoms with van der Waals surface area (Å²) in [6.07, 6.45) is 1.34. The van der Waals surface area contributed by atoms with Crippen LogP contribution in [0.25, 0.3) is 0 Å². The van der Waals surface area contributed by atoms with Gasteiger partial charge in [0.05, 0.1) is 22.0 Å². The summed E-state index contributed by atoms with van der Waals surface area (Å²) in [5, 5.41) is 3.03. The van der Waals surface area contributed by atoms with Crippen LogP contribution < -0.4 is 9.62 Å². The number of halogens is 2. The molecule has 10 heteroatoms. The quantitative estimate of drug-likeness (QED) is 0.518. The Balaban J connectivity index is 2.46. The molecule has 2 aromatic carbocycles. The summed E-state index contributed by atoms with van der Waals surface area (Å²) in [7, 11) is -3.89. The molecule has 33 heavy (non-hydrogen) atoms. The van der Waals surface area contributed by atoms with E-state index in [2.05, 4.69) is 5.32 Å². The molecule has 1 N–H and O–H groups in total. The van der Waals surface area contributed by atoms with Gasteiger partial charge < -0.3 is 10.2 Å². The van der Waals surface area contributed by atoms with Gasteiger partial charge in [-0.05, 0) is 38.0 Å². The van der Waals surface area contributed by atoms with Crippen molar-refractivity contribution < 1.29 is 18.0 Å². The van der Waals surface area contributed by atoms with Gasteiger partial charge in [-0.1, -0.05) is 66.5 Å². The van der Waals surface area contributed by atoms with Crippen molar-refractivity contribution in [3.63, 3.8) is 0 Å². The second kappa shape index (κ2) is 11.7. The van der Waals surface area contributed by atoms with Gasteiger partial charge in [0.1, 0.15) is 12.6 Å². The molecule has 0 radical (unpaired) electrons. The molecule has 0 aromatic heterocycles. The van der Waals surface area contributed by atoms with Crippen molar-refractivity contribution in [2.45, 2.75) is 45.8 Å². The molecule has 0 saturated heterocycles. The number of nitrogens with one attached hydrogen (secondary N) is 1. The van der Waals surface area contributed by atoms with Gasteiger partial charge in [0.2, 0.25) is 21.8 Å². The Morgan fingerprint density at radius 1 is 1.03 bits per heavy atom. The van der Waals surface area contributed by atoms with E-state index in [0.717, 1.165) is 16.1 Å². The summed E-state index contributed by atoms with van der Waals surface area (Å²) in [5.41, 5.74) is 0.910. The summed E-state index contributed by atoms with van der Waals surface area (Å²) < 4.78 is 26.1. The molecule has 0 fully saturated rings. The zero-order valence-electron chi connectivity index (χ0n) is 19.1. The largest absolute Gasteiger partial charge is 0.352 e. The van der Waals surface area contributed by atoms with Crippen LogP contribution in [0.15, 0.2) is 48.5 Å². The van der Waals surface area contributed by atoms with Crippen molar-refractivity contribution in [1.29, 1.82) is 0 Å². The molecule has 2 rings (SSSR count). The first-order valence-electron chi connectivity index (χ1n) is 10.5. The standard InChI is InChI=1S/C23H29Cl2N3O4S/c1-5-19(23(30)26-16(2)3)27(14-17-10-7-6-8-11-17)21(29)15-28(33(4,31)32)20-13-9-12-18(24)22(20)25/h6-13,16,19H,5,14-15H2,1-4H3,(H,26,30)/t19-/m0/s1. The zero-order chi connectivity index (χ0) is 24.8. The Morgan fingerprint density at radius 2 is 1.67 bits per heavy atom. The molecule has 0 aliphatic rings. The third-order valence-corrected chi connectivity index (χ3v) is 6.83. The predicted molar refractivity (Wildman–Crippen MR) is 133 cm³/mol. The highest BCUT2D eigenvalue weighted by Crippen LogP contribution is 2.33. The van der Waals surface area contributed by atoms with E-state index in [1.165, 1.54) is 17.0 Å². The van der Waals surface area contributed by atoms with Crippen LogP contribution >= 0.6 is 23.2 Å². The van der Waals surface area contributed by atoms with E-state index in [0.29, 0.717) is 6.42 Å². The van der Waals surface area contributed by atoms with E-state index in [1.807, 2.05) is 44.2 Å². The lowest BCUT2D eigenvalue weighted by atomic mass is 10.1. The molecule has 180 valence electrons. The fraction of sp³-hybridized carbons (Fsp3) is 0.391. The first-order valence-corrected chi connectivity index (χ1v) is 13.1. The summed E-state index contributed by atoms with van der Waals surface area (Å²) in [6, 6.07) is 12.9. The minimum atomic E-state index is -3.89. The number of anilines is 1. The summed E-state index contributed by atoms with van der Waals surface area (Å²) in [6.45, 7) is 5.08. The van der Waals surface area contributed by atoms with Crippen LogP contribution in [0.5, 0.6) is 0 Å². The smallest absolute Gasteiger partial charge is 0.244 e. The molecule has 2 aromatic rings. The average Bonchev–Trinajstić information content (AvgIpc) is 2.73. The van der Waals surface area contributed by atoms with Crippen molar-refractivity contribution >= 4 is 50.7 Å². The number of carbonyl (C=O) groups is 2. The fourth-order valence-electron chi connectivity index (χ4n) is 3.36. The van der Waals surface area contributed by atoms with Crippen LogP contribution in [0.2, 0.25) is 10.0 Å². The van der Waals surface area contributed by atoms with Crippen molar-refractivity contribution in [1.82, 2.24) is 10.2 Å². The van der Waals surface area contributed by atoms with E-state index in [1.54, 1.807) is 13.0 Å². The molecular formula is C23H29Cl2N3O4S. The third kappa shape index (κ3) is 7.35. The third-order valence-electron chi connectivity index (χ3n) is 4.89. The zero-order valence-corrected chi connectivity index (χ0v) is 21.4. The van der Waals surface area contributed by atoms with Crippen LogP contribution in [0.4, 0.5) is 5.69 Å². The van der Waals surface area contributed by atoms with Crippen molar-refractivity contribution in [2.24, 2.45) is 0 Å². The van der Waals surface area contributed by atoms with Gasteiger partial charge in [-0.25, -0.2) is 8.42 Å². The van der Waals surface area contributed by atoms with Crippen LogP contribution in [0.3, 0.4) is 0 Å². The first-order chi connectivity index (χ1) is 15.5. The van der Waals surface area contributed by atoms with E-state index < -0.39 is 28.5 Å². The minimum absolute atomic E-state index is 0.0246. The molecule has 2 amide bonds. The van der Waals surface area contributed by atoms with E-state index >= 15 is 0 Å². The van der Waals surface area contributed by atoms with Crippen LogP contribution in [-0.2, 0) is 26.2 Å². The van der Waals surface area contributed by atoms with Gasteiger partial charge >= 0.3 is 0 Å². The van der Waals surface area contributed by atoms with Gasteiger partial charge in [-0.3, -0.25) is 13.9 Å². The maximum atomic E-state index is 13.5. The number of amides is 2. The Morgan fingerprint density at radius 3 is 2.21 bits per heavy atom. The lowest BCUT2D eigenvalue weighted by Gasteiger charge is -2.33. The summed E-state index contributed by atoms with van der Waals surface area (Å²) in [5.74, 6) is -0.838. The lowest BCUT2D eigenvalue weighted by Crippen LogP contribution is -2.53. The lowest BCUT2D eigenvalue weighted by molar-refractivity contribution is -0.140. The van der Waals surface area contributed by atoms with E-state index in [-0.39, 0.29) is 34.2 Å². The molecule has 0 aliphatic heterocycles. The maximum Gasteiger partial charge on any atom is 0.244 e. The predicted octanol–water partition coefficient (Wildman–Crippen LogP) is 4.09. The number of carbonyl (C=O) groups excluding carboxylic acids is 2. The number of nitrogens with zero attached hydrogens (tertiary/aromatic N) is 2. The second-order valence-corrected chi connectivity index (χ2v) is 10.6. The number of sulfonamides is 1. The monoisotopic (exact) mass is 513 g/mol. The molecule has 0 unspecified atom stereocenters. The second-order valence-electron chi connectivity index (χ2n) is 7.94. The molecule has 1 atom stereocenters. The normalized spacial score (nSPS) is 12.3. The van der Waals surface area contributed by atoms with Gasteiger partial charge in [0, 0.05) is 12.6 Å². The highest BCUT2D eigenvalue weighted by atomic mass is 35.5. The highest BCUT2D eigenvalue weighted by Gasteiger charge is 2.32. The minimum Gasteiger partial charge on any atom is -0.352 e. The first kappa shape index (κ1) is 27.0. The number of rotatable bonds is 10. The van der Waals surface area contributed by atoms with E-state index in [4.69, 9.17) is 23.2 Å². The van der Waals surface area contributed by atoms with Crippen LogP contribution in [-0.4, -0.2) is 50.0 Å². The summed E-state index contributed by atoms with van der Waals surface area (Å²) in [4.78, 5) is 27.8. The SMILES string of the molecule is CC[C@@H](C(=O)NC(C)C)N(Cc1ccccc1)C(=O)CN(c1cccc(Cl)c1Cl)S(C)(=O)=O. The van der Waals surface area contributed by atoms with Gasteiger partial charge in [0.25, 0.3) is 0 Å². The van der Waals surface area contributed by atoms with Gasteiger partial charge in [-0.2, -0.15) is 0 Å². The Kier molecular flexibility index (Phi) is 9.57. The van der Waals surface area contributed by atoms with E-state index in [9.17, 15) is 18.0 Å². The fourth-order valence-corrected chi connectivity index (χ4v) is 4.66. The molecule has 7 nitrogen and oxygen atoms in total. The molecule has 0 aliphatic carbocycles. The summed E-state index contributed by atoms with van der Waals surface area (Å²) >= 11 is 12.3. The highest BCUT2D eigenvalue weighted by molar-refractivity contribution is 7.92. The molecular weight excluding hydrogens is 485 g/mol. The van der Waals surface area contributed by atoms with Crippen molar-refractivity contribution in [3.8, 4) is 0 Å². The van der Waals surface area contributed by atoms with Crippen molar-refractivity contribution in [2.75, 3.05) is 17.1 Å². The topological polar surface area (TPSA) is 86.8 Å². The van der Waals surface area contributed by atoms with Crippen LogP contribution in [0.1, 0.15) is 32.8 Å². The molecule has 0 heterocycles. The Bertz CT molecular complexity index is 1080. The number of hydrogen-bond donors (Lipinski definition) is 1. The van der Waals surface area contributed by atoms with Gasteiger partial charge in [-0.15, -0.1) is 0 Å². The molecule has 0 spiro atoms. The Hall–Kier alpha value is -2.29. The maximum absolute atomic E-state index is 13.5. The van der Waals surface area contributed by atoms with Gasteiger partial charge in [0.15, 0.2) is 0 Å². The van der Waals surface area contributed by atoms with Crippen molar-refractivity contribution in [3.05, 3.63) is 64.1 Å². The van der Waals surface area contributed by atoms with Crippen LogP contribution in [0, 0.1) is 0 Å². The molecule has 0 bridgehead atoms.